The largest absolute Gasteiger partial charge is 0.342 e. The molecule has 0 radical (unpaired) electrons. The topological polar surface area (TPSA) is 96.8 Å². The normalized spacial score (nSPS) is 17.2. The van der Waals surface area contributed by atoms with Gasteiger partial charge in [-0.1, -0.05) is 49.4 Å². The first kappa shape index (κ1) is 19.3. The van der Waals surface area contributed by atoms with Crippen LogP contribution in [0.4, 0.5) is 0 Å². The fourth-order valence-corrected chi connectivity index (χ4v) is 3.84. The van der Waals surface area contributed by atoms with E-state index in [1.54, 1.807) is 4.68 Å². The van der Waals surface area contributed by atoms with Crippen molar-refractivity contribution in [1.82, 2.24) is 29.9 Å². The average Bonchev–Trinajstić information content (AvgIpc) is 3.12. The minimum absolute atomic E-state index is 0.0111. The van der Waals surface area contributed by atoms with Crippen molar-refractivity contribution in [2.45, 2.75) is 45.6 Å². The molecule has 1 aliphatic heterocycles. The van der Waals surface area contributed by atoms with Gasteiger partial charge in [-0.05, 0) is 24.3 Å². The number of hydrogen-bond acceptors (Lipinski definition) is 5. The number of benzene rings is 1. The number of amides is 1. The Bertz CT molecular complexity index is 1060. The molecule has 29 heavy (non-hydrogen) atoms. The Morgan fingerprint density at radius 2 is 2.07 bits per heavy atom. The fourth-order valence-electron chi connectivity index (χ4n) is 3.84. The molecule has 1 atom stereocenters. The zero-order valence-electron chi connectivity index (χ0n) is 16.8. The summed E-state index contributed by atoms with van der Waals surface area (Å²) in [6.45, 7) is 5.94. The van der Waals surface area contributed by atoms with Crippen LogP contribution in [0.25, 0.3) is 11.2 Å². The van der Waals surface area contributed by atoms with Crippen molar-refractivity contribution in [2.75, 3.05) is 13.1 Å². The van der Waals surface area contributed by atoms with Gasteiger partial charge in [0.25, 0.3) is 5.56 Å². The molecular weight excluding hydrogens is 368 g/mol. The minimum Gasteiger partial charge on any atom is -0.342 e. The number of aromatic amines is 1. The molecular formula is C21H26N6O2. The third kappa shape index (κ3) is 4.21. The van der Waals surface area contributed by atoms with Gasteiger partial charge >= 0.3 is 0 Å². The summed E-state index contributed by atoms with van der Waals surface area (Å²) < 4.78 is 1.66. The number of aromatic nitrogens is 5. The third-order valence-electron chi connectivity index (χ3n) is 5.31. The summed E-state index contributed by atoms with van der Waals surface area (Å²) in [6.07, 6.45) is 2.33. The van der Waals surface area contributed by atoms with E-state index in [2.05, 4.69) is 15.3 Å². The van der Waals surface area contributed by atoms with Gasteiger partial charge in [-0.3, -0.25) is 9.59 Å². The van der Waals surface area contributed by atoms with Crippen molar-refractivity contribution >= 4 is 17.1 Å². The fraction of sp³-hybridized carbons (Fsp3) is 0.476. The zero-order chi connectivity index (χ0) is 20.4. The van der Waals surface area contributed by atoms with Crippen molar-refractivity contribution in [2.24, 2.45) is 5.92 Å². The lowest BCUT2D eigenvalue weighted by molar-refractivity contribution is -0.133. The molecule has 0 bridgehead atoms. The SMILES string of the molecule is CC(C)CC(=O)N1CCC[C@@H](c2nc3c(nnn3Cc3ccccc3)c(=O)[nH]2)C1. The number of nitrogens with one attached hydrogen (secondary N) is 1. The predicted molar refractivity (Wildman–Crippen MR) is 109 cm³/mol. The van der Waals surface area contributed by atoms with Gasteiger partial charge in [0.15, 0.2) is 11.2 Å². The molecule has 8 nitrogen and oxygen atoms in total. The molecule has 0 aliphatic carbocycles. The average molecular weight is 394 g/mol. The number of hydrogen-bond donors (Lipinski definition) is 1. The Morgan fingerprint density at radius 1 is 1.28 bits per heavy atom. The van der Waals surface area contributed by atoms with Crippen LogP contribution in [0.15, 0.2) is 35.1 Å². The van der Waals surface area contributed by atoms with Gasteiger partial charge < -0.3 is 9.88 Å². The van der Waals surface area contributed by atoms with E-state index in [1.165, 1.54) is 0 Å². The van der Waals surface area contributed by atoms with Crippen LogP contribution in [0.2, 0.25) is 0 Å². The summed E-state index contributed by atoms with van der Waals surface area (Å²) >= 11 is 0. The summed E-state index contributed by atoms with van der Waals surface area (Å²) in [5.41, 5.74) is 1.51. The van der Waals surface area contributed by atoms with Crippen LogP contribution in [0.5, 0.6) is 0 Å². The Balaban J connectivity index is 1.61. The maximum absolute atomic E-state index is 12.6. The van der Waals surface area contributed by atoms with Crippen LogP contribution in [-0.4, -0.2) is 48.9 Å². The second-order valence-corrected chi connectivity index (χ2v) is 8.13. The van der Waals surface area contributed by atoms with E-state index >= 15 is 0 Å². The van der Waals surface area contributed by atoms with E-state index in [-0.39, 0.29) is 22.9 Å². The molecule has 0 spiro atoms. The van der Waals surface area contributed by atoms with Crippen molar-refractivity contribution < 1.29 is 4.79 Å². The predicted octanol–water partition coefficient (Wildman–Crippen LogP) is 2.32. The van der Waals surface area contributed by atoms with E-state index < -0.39 is 0 Å². The summed E-state index contributed by atoms with van der Waals surface area (Å²) in [6, 6.07) is 9.89. The highest BCUT2D eigenvalue weighted by molar-refractivity contribution is 5.76. The highest BCUT2D eigenvalue weighted by Crippen LogP contribution is 2.25. The maximum atomic E-state index is 12.6. The summed E-state index contributed by atoms with van der Waals surface area (Å²) in [4.78, 5) is 34.6. The minimum atomic E-state index is -0.282. The Hall–Kier alpha value is -3.03. The van der Waals surface area contributed by atoms with E-state index in [9.17, 15) is 9.59 Å². The van der Waals surface area contributed by atoms with Gasteiger partial charge in [0.2, 0.25) is 5.91 Å². The highest BCUT2D eigenvalue weighted by atomic mass is 16.2. The van der Waals surface area contributed by atoms with Crippen molar-refractivity contribution in [3.05, 3.63) is 52.1 Å². The molecule has 1 aliphatic rings. The molecule has 0 saturated carbocycles. The number of fused-ring (bicyclic) bond motifs is 1. The highest BCUT2D eigenvalue weighted by Gasteiger charge is 2.27. The van der Waals surface area contributed by atoms with Gasteiger partial charge in [0, 0.05) is 25.4 Å². The molecule has 1 aromatic carbocycles. The molecule has 4 rings (SSSR count). The molecule has 152 valence electrons. The van der Waals surface area contributed by atoms with E-state index in [1.807, 2.05) is 49.1 Å². The lowest BCUT2D eigenvalue weighted by Gasteiger charge is -2.32. The Kier molecular flexibility index (Phi) is 5.42. The lowest BCUT2D eigenvalue weighted by Crippen LogP contribution is -2.40. The van der Waals surface area contributed by atoms with Gasteiger partial charge in [-0.2, -0.15) is 0 Å². The monoisotopic (exact) mass is 394 g/mol. The number of likely N-dealkylation sites (tertiary alicyclic amines) is 1. The molecule has 0 unspecified atom stereocenters. The second kappa shape index (κ2) is 8.14. The van der Waals surface area contributed by atoms with Gasteiger partial charge in [0.05, 0.1) is 6.54 Å². The van der Waals surface area contributed by atoms with Gasteiger partial charge in [-0.15, -0.1) is 5.10 Å². The van der Waals surface area contributed by atoms with Gasteiger partial charge in [0.1, 0.15) is 5.82 Å². The summed E-state index contributed by atoms with van der Waals surface area (Å²) in [7, 11) is 0. The van der Waals surface area contributed by atoms with Crippen LogP contribution in [0.1, 0.15) is 50.4 Å². The molecule has 8 heteroatoms. The van der Waals surface area contributed by atoms with Gasteiger partial charge in [-0.25, -0.2) is 9.67 Å². The lowest BCUT2D eigenvalue weighted by atomic mass is 9.96. The molecule has 1 amide bonds. The first-order valence-corrected chi connectivity index (χ1v) is 10.2. The molecule has 2 aromatic heterocycles. The Morgan fingerprint density at radius 3 is 2.83 bits per heavy atom. The van der Waals surface area contributed by atoms with Crippen LogP contribution in [0, 0.1) is 5.92 Å². The van der Waals surface area contributed by atoms with Crippen molar-refractivity contribution in [3.63, 3.8) is 0 Å². The van der Waals surface area contributed by atoms with Crippen molar-refractivity contribution in [3.8, 4) is 0 Å². The second-order valence-electron chi connectivity index (χ2n) is 8.13. The van der Waals surface area contributed by atoms with Crippen LogP contribution in [-0.2, 0) is 11.3 Å². The summed E-state index contributed by atoms with van der Waals surface area (Å²) in [5, 5.41) is 8.15. The number of carbonyl (C=O) groups is 1. The first-order valence-electron chi connectivity index (χ1n) is 10.2. The van der Waals surface area contributed by atoms with Crippen molar-refractivity contribution in [1.29, 1.82) is 0 Å². The maximum Gasteiger partial charge on any atom is 0.281 e. The summed E-state index contributed by atoms with van der Waals surface area (Å²) in [5.74, 6) is 1.12. The first-order chi connectivity index (χ1) is 14.0. The number of H-pyrrole nitrogens is 1. The number of nitrogens with zero attached hydrogens (tertiary/aromatic N) is 5. The van der Waals surface area contributed by atoms with Crippen LogP contribution in [0.3, 0.4) is 0 Å². The third-order valence-corrected chi connectivity index (χ3v) is 5.31. The molecule has 1 N–H and O–H groups in total. The number of rotatable bonds is 5. The molecule has 3 heterocycles. The molecule has 3 aromatic rings. The Labute approximate surface area is 168 Å². The standard InChI is InChI=1S/C21H26N6O2/c1-14(2)11-17(28)26-10-6-9-16(13-26)19-22-20-18(21(29)23-19)24-25-27(20)12-15-7-4-3-5-8-15/h3-5,7-8,14,16H,6,9-13H2,1-2H3,(H,22,23,29)/t16-/m1/s1. The van der Waals surface area contributed by atoms with Crippen LogP contribution < -0.4 is 5.56 Å². The van der Waals surface area contributed by atoms with E-state index in [0.717, 1.165) is 24.9 Å². The molecule has 1 fully saturated rings. The van der Waals surface area contributed by atoms with E-state index in [4.69, 9.17) is 4.98 Å². The van der Waals surface area contributed by atoms with Crippen LogP contribution >= 0.6 is 0 Å². The quantitative estimate of drug-likeness (QED) is 0.716. The van der Waals surface area contributed by atoms with E-state index in [0.29, 0.717) is 36.9 Å². The zero-order valence-corrected chi connectivity index (χ0v) is 16.8. The molecule has 1 saturated heterocycles. The smallest absolute Gasteiger partial charge is 0.281 e. The number of carbonyl (C=O) groups excluding carboxylic acids is 1. The number of piperidine rings is 1.